The fraction of sp³-hybridized carbons (Fsp3) is 0.182. The van der Waals surface area contributed by atoms with Crippen molar-refractivity contribution in [2.45, 2.75) is 32.1 Å². The molecule has 0 saturated carbocycles. The zero-order valence-corrected chi connectivity index (χ0v) is 22.0. The van der Waals surface area contributed by atoms with E-state index in [4.69, 9.17) is 9.72 Å². The van der Waals surface area contributed by atoms with Crippen LogP contribution in [0.5, 0.6) is 5.75 Å². The van der Waals surface area contributed by atoms with Crippen LogP contribution in [0.25, 0.3) is 33.5 Å². The van der Waals surface area contributed by atoms with Crippen molar-refractivity contribution in [3.8, 4) is 28.3 Å². The number of carboxylic acids is 1. The Morgan fingerprint density at radius 3 is 2.36 bits per heavy atom. The first-order chi connectivity index (χ1) is 19.0. The molecule has 0 amide bonds. The van der Waals surface area contributed by atoms with E-state index >= 15 is 0 Å². The Bertz CT molecular complexity index is 1640. The van der Waals surface area contributed by atoms with Gasteiger partial charge in [0.2, 0.25) is 0 Å². The number of methoxy groups -OCH3 is 1. The summed E-state index contributed by atoms with van der Waals surface area (Å²) in [6.45, 7) is 2.10. The molecule has 196 valence electrons. The largest absolute Gasteiger partial charge is 0.497 e. The maximum Gasteiger partial charge on any atom is 0.336 e. The summed E-state index contributed by atoms with van der Waals surface area (Å²) in [4.78, 5) is 33.8. The Balaban J connectivity index is 1.51. The van der Waals surface area contributed by atoms with Crippen LogP contribution in [0.2, 0.25) is 0 Å². The number of Topliss-reactive ketones (excluding diaryl/α,β-unsaturated/α-hetero) is 1. The number of aromatic carboxylic acids is 1. The summed E-state index contributed by atoms with van der Waals surface area (Å²) in [7, 11) is 1.61. The average molecular weight is 519 g/mol. The molecular formula is C33H30N2O4. The molecule has 6 nitrogen and oxygen atoms in total. The number of aromatic amines is 1. The van der Waals surface area contributed by atoms with Crippen molar-refractivity contribution in [3.05, 3.63) is 108 Å². The third kappa shape index (κ3) is 5.46. The highest BCUT2D eigenvalue weighted by Crippen LogP contribution is 2.35. The number of nitrogens with zero attached hydrogens (tertiary/aromatic N) is 1. The van der Waals surface area contributed by atoms with Crippen molar-refractivity contribution in [2.24, 2.45) is 0 Å². The highest BCUT2D eigenvalue weighted by molar-refractivity contribution is 6.04. The standard InChI is InChI=1S/C33H30N2O4/c1-3-9-22(21-10-5-4-6-11-21)19-31(36)23-14-16-26(28(18-23)33(37)38)25-12-7-8-13-27(25)32-34-29-17-15-24(39-2)20-30(29)35-32/h4-8,10-18,20,22H,3,9,19H2,1-2H3,(H,34,35)(H,37,38)/t22-/m0/s1. The van der Waals surface area contributed by atoms with E-state index in [2.05, 4.69) is 11.9 Å². The van der Waals surface area contributed by atoms with Gasteiger partial charge in [-0.2, -0.15) is 0 Å². The molecule has 0 aliphatic carbocycles. The van der Waals surface area contributed by atoms with Crippen LogP contribution in [-0.4, -0.2) is 33.9 Å². The van der Waals surface area contributed by atoms with Crippen LogP contribution in [0.4, 0.5) is 0 Å². The Morgan fingerprint density at radius 1 is 0.897 bits per heavy atom. The van der Waals surface area contributed by atoms with Gasteiger partial charge in [0.1, 0.15) is 11.6 Å². The number of ketones is 1. The number of carbonyl (C=O) groups is 2. The van der Waals surface area contributed by atoms with Crippen molar-refractivity contribution in [1.82, 2.24) is 9.97 Å². The van der Waals surface area contributed by atoms with Crippen LogP contribution < -0.4 is 4.74 Å². The number of carboxylic acid groups (broad SMARTS) is 1. The maximum atomic E-state index is 13.3. The molecule has 1 aromatic heterocycles. The van der Waals surface area contributed by atoms with Gasteiger partial charge in [0.15, 0.2) is 5.78 Å². The Hall–Kier alpha value is -4.71. The molecule has 5 aromatic rings. The number of imidazole rings is 1. The SMILES string of the molecule is CCC[C@@H](CC(=O)c1ccc(-c2ccccc2-c2nc3ccc(OC)cc3[nH]2)c(C(=O)O)c1)c1ccccc1. The van der Waals surface area contributed by atoms with Crippen molar-refractivity contribution in [2.75, 3.05) is 7.11 Å². The van der Waals surface area contributed by atoms with Gasteiger partial charge in [0.25, 0.3) is 0 Å². The summed E-state index contributed by atoms with van der Waals surface area (Å²) in [6, 6.07) is 28.1. The second-order valence-corrected chi connectivity index (χ2v) is 9.60. The lowest BCUT2D eigenvalue weighted by atomic mass is 9.87. The Morgan fingerprint density at radius 2 is 1.64 bits per heavy atom. The third-order valence-electron chi connectivity index (χ3n) is 7.07. The quantitative estimate of drug-likeness (QED) is 0.184. The highest BCUT2D eigenvalue weighted by Gasteiger charge is 2.21. The van der Waals surface area contributed by atoms with Crippen LogP contribution in [0.3, 0.4) is 0 Å². The highest BCUT2D eigenvalue weighted by atomic mass is 16.5. The summed E-state index contributed by atoms with van der Waals surface area (Å²) < 4.78 is 5.32. The number of H-pyrrole nitrogens is 1. The molecule has 0 unspecified atom stereocenters. The molecule has 0 spiro atoms. The first-order valence-corrected chi connectivity index (χ1v) is 13.1. The second kappa shape index (κ2) is 11.4. The van der Waals surface area contributed by atoms with Gasteiger partial charge in [0.05, 0.1) is 23.7 Å². The fourth-order valence-corrected chi connectivity index (χ4v) is 5.10. The summed E-state index contributed by atoms with van der Waals surface area (Å²) in [5.41, 5.74) is 5.22. The fourth-order valence-electron chi connectivity index (χ4n) is 5.10. The molecule has 4 aromatic carbocycles. The van der Waals surface area contributed by atoms with Crippen LogP contribution >= 0.6 is 0 Å². The molecule has 2 N–H and O–H groups in total. The topological polar surface area (TPSA) is 92.3 Å². The summed E-state index contributed by atoms with van der Waals surface area (Å²) in [5.74, 6) is 0.274. The number of aromatic nitrogens is 2. The number of rotatable bonds is 10. The van der Waals surface area contributed by atoms with Gasteiger partial charge in [-0.05, 0) is 47.2 Å². The van der Waals surface area contributed by atoms with Crippen LogP contribution in [-0.2, 0) is 0 Å². The lowest BCUT2D eigenvalue weighted by Gasteiger charge is -2.17. The molecule has 0 aliphatic heterocycles. The molecule has 5 rings (SSSR count). The van der Waals surface area contributed by atoms with Crippen molar-refractivity contribution >= 4 is 22.8 Å². The van der Waals surface area contributed by atoms with E-state index in [1.54, 1.807) is 19.2 Å². The number of nitrogens with one attached hydrogen (secondary N) is 1. The summed E-state index contributed by atoms with van der Waals surface area (Å²) in [6.07, 6.45) is 2.17. The van der Waals surface area contributed by atoms with E-state index in [1.165, 1.54) is 6.07 Å². The first-order valence-electron chi connectivity index (χ1n) is 13.1. The number of carbonyl (C=O) groups excluding carboxylic acids is 1. The van der Waals surface area contributed by atoms with Gasteiger partial charge in [-0.1, -0.05) is 80.1 Å². The minimum atomic E-state index is -1.09. The third-order valence-corrected chi connectivity index (χ3v) is 7.07. The molecule has 0 radical (unpaired) electrons. The summed E-state index contributed by atoms with van der Waals surface area (Å²) >= 11 is 0. The van der Waals surface area contributed by atoms with Crippen molar-refractivity contribution < 1.29 is 19.4 Å². The van der Waals surface area contributed by atoms with E-state index in [9.17, 15) is 14.7 Å². The maximum absolute atomic E-state index is 13.3. The number of fused-ring (bicyclic) bond motifs is 1. The van der Waals surface area contributed by atoms with Gasteiger partial charge in [-0.15, -0.1) is 0 Å². The zero-order chi connectivity index (χ0) is 27.4. The van der Waals surface area contributed by atoms with Gasteiger partial charge in [-0.3, -0.25) is 4.79 Å². The smallest absolute Gasteiger partial charge is 0.336 e. The first kappa shape index (κ1) is 25.9. The molecule has 0 bridgehead atoms. The van der Waals surface area contributed by atoms with E-state index in [1.807, 2.05) is 72.8 Å². The van der Waals surface area contributed by atoms with Crippen LogP contribution in [0.1, 0.15) is 58.4 Å². The predicted molar refractivity (Wildman–Crippen MR) is 154 cm³/mol. The van der Waals surface area contributed by atoms with Gasteiger partial charge in [0, 0.05) is 23.6 Å². The number of hydrogen-bond donors (Lipinski definition) is 2. The lowest BCUT2D eigenvalue weighted by molar-refractivity contribution is 0.0697. The predicted octanol–water partition coefficient (Wildman–Crippen LogP) is 7.76. The minimum Gasteiger partial charge on any atom is -0.497 e. The minimum absolute atomic E-state index is 0.0640. The van der Waals surface area contributed by atoms with Crippen molar-refractivity contribution in [1.29, 1.82) is 0 Å². The molecule has 1 heterocycles. The Labute approximate surface area is 227 Å². The number of benzene rings is 4. The Kier molecular flexibility index (Phi) is 7.55. The zero-order valence-electron chi connectivity index (χ0n) is 22.0. The van der Waals surface area contributed by atoms with Crippen LogP contribution in [0.15, 0.2) is 91.0 Å². The van der Waals surface area contributed by atoms with E-state index in [0.29, 0.717) is 34.7 Å². The molecule has 6 heteroatoms. The lowest BCUT2D eigenvalue weighted by Crippen LogP contribution is -2.10. The van der Waals surface area contributed by atoms with Crippen LogP contribution in [0, 0.1) is 0 Å². The monoisotopic (exact) mass is 518 g/mol. The van der Waals surface area contributed by atoms with Gasteiger partial charge >= 0.3 is 5.97 Å². The van der Waals surface area contributed by atoms with E-state index in [-0.39, 0.29) is 17.3 Å². The van der Waals surface area contributed by atoms with Gasteiger partial charge < -0.3 is 14.8 Å². The molecular weight excluding hydrogens is 488 g/mol. The summed E-state index contributed by atoms with van der Waals surface area (Å²) in [5, 5.41) is 10.2. The average Bonchev–Trinajstić information content (AvgIpc) is 3.40. The normalized spacial score (nSPS) is 11.8. The van der Waals surface area contributed by atoms with Gasteiger partial charge in [-0.25, -0.2) is 9.78 Å². The molecule has 1 atom stereocenters. The molecule has 39 heavy (non-hydrogen) atoms. The molecule has 0 fully saturated rings. The second-order valence-electron chi connectivity index (χ2n) is 9.60. The molecule has 0 aliphatic rings. The van der Waals surface area contributed by atoms with E-state index in [0.717, 1.165) is 35.0 Å². The number of ether oxygens (including phenoxy) is 1. The number of hydrogen-bond acceptors (Lipinski definition) is 4. The molecule has 0 saturated heterocycles. The van der Waals surface area contributed by atoms with Crippen molar-refractivity contribution in [3.63, 3.8) is 0 Å². The van der Waals surface area contributed by atoms with E-state index < -0.39 is 5.97 Å².